The third-order valence-electron chi connectivity index (χ3n) is 3.33. The SMILES string of the molecule is CNC(=O)NC(=O)CN1C(=O)[C@H](C)N(c2ccc(F)cc2)C1=O. The molecule has 1 saturated heterocycles. The second-order valence-electron chi connectivity index (χ2n) is 4.86. The Morgan fingerprint density at radius 2 is 1.83 bits per heavy atom. The van der Waals surface area contributed by atoms with E-state index in [2.05, 4.69) is 5.32 Å². The molecule has 0 spiro atoms. The van der Waals surface area contributed by atoms with Crippen molar-refractivity contribution < 1.29 is 23.6 Å². The van der Waals surface area contributed by atoms with Gasteiger partial charge in [0.15, 0.2) is 0 Å². The molecule has 6 amide bonds. The van der Waals surface area contributed by atoms with Crippen LogP contribution in [0.25, 0.3) is 0 Å². The van der Waals surface area contributed by atoms with Crippen molar-refractivity contribution in [1.29, 1.82) is 0 Å². The number of hydrogen-bond donors (Lipinski definition) is 2. The molecule has 0 saturated carbocycles. The van der Waals surface area contributed by atoms with Gasteiger partial charge in [-0.15, -0.1) is 0 Å². The number of rotatable bonds is 3. The van der Waals surface area contributed by atoms with E-state index >= 15 is 0 Å². The minimum atomic E-state index is -0.833. The number of hydrogen-bond acceptors (Lipinski definition) is 4. The molecule has 1 aliphatic rings. The Bertz CT molecular complexity index is 661. The fourth-order valence-electron chi connectivity index (χ4n) is 2.18. The summed E-state index contributed by atoms with van der Waals surface area (Å²) in [6, 6.07) is 2.79. The lowest BCUT2D eigenvalue weighted by atomic mass is 10.2. The Morgan fingerprint density at radius 1 is 1.22 bits per heavy atom. The molecule has 2 N–H and O–H groups in total. The molecular formula is C14H15FN4O4. The van der Waals surface area contributed by atoms with Gasteiger partial charge in [0.2, 0.25) is 5.91 Å². The van der Waals surface area contributed by atoms with E-state index in [1.807, 2.05) is 5.32 Å². The fourth-order valence-corrected chi connectivity index (χ4v) is 2.18. The van der Waals surface area contributed by atoms with Crippen LogP contribution in [0.3, 0.4) is 0 Å². The predicted molar refractivity (Wildman–Crippen MR) is 78.0 cm³/mol. The smallest absolute Gasteiger partial charge is 0.332 e. The Kier molecular flexibility index (Phi) is 4.58. The summed E-state index contributed by atoms with van der Waals surface area (Å²) in [4.78, 5) is 49.2. The van der Waals surface area contributed by atoms with Crippen molar-refractivity contribution in [3.8, 4) is 0 Å². The van der Waals surface area contributed by atoms with Gasteiger partial charge in [-0.2, -0.15) is 0 Å². The summed E-state index contributed by atoms with van der Waals surface area (Å²) in [7, 11) is 1.33. The largest absolute Gasteiger partial charge is 0.341 e. The first kappa shape index (κ1) is 16.4. The lowest BCUT2D eigenvalue weighted by molar-refractivity contribution is -0.131. The van der Waals surface area contributed by atoms with Gasteiger partial charge in [-0.25, -0.2) is 14.0 Å². The molecule has 122 valence electrons. The summed E-state index contributed by atoms with van der Waals surface area (Å²) in [5.74, 6) is -1.84. The van der Waals surface area contributed by atoms with E-state index in [9.17, 15) is 23.6 Å². The first-order chi connectivity index (χ1) is 10.8. The number of urea groups is 2. The number of carbonyl (C=O) groups is 4. The Labute approximate surface area is 131 Å². The van der Waals surface area contributed by atoms with Crippen molar-refractivity contribution in [3.63, 3.8) is 0 Å². The van der Waals surface area contributed by atoms with Crippen LogP contribution in [0.4, 0.5) is 19.7 Å². The molecule has 8 nitrogen and oxygen atoms in total. The van der Waals surface area contributed by atoms with Crippen LogP contribution in [-0.4, -0.2) is 48.4 Å². The highest BCUT2D eigenvalue weighted by atomic mass is 19.1. The minimum Gasteiger partial charge on any atom is -0.341 e. The molecule has 1 atom stereocenters. The second-order valence-corrected chi connectivity index (χ2v) is 4.86. The standard InChI is InChI=1S/C14H15FN4O4/c1-8-12(21)18(7-11(20)17-13(22)16-2)14(23)19(8)10-5-3-9(15)4-6-10/h3-6,8H,7H2,1-2H3,(H2,16,17,20,22)/t8-/m0/s1. The van der Waals surface area contributed by atoms with E-state index in [1.54, 1.807) is 0 Å². The van der Waals surface area contributed by atoms with Gasteiger partial charge in [-0.3, -0.25) is 24.7 Å². The summed E-state index contributed by atoms with van der Waals surface area (Å²) >= 11 is 0. The maximum atomic E-state index is 13.0. The average Bonchev–Trinajstić information content (AvgIpc) is 2.72. The molecule has 0 radical (unpaired) electrons. The summed E-state index contributed by atoms with van der Waals surface area (Å²) in [5, 5.41) is 4.16. The third kappa shape index (κ3) is 3.28. The first-order valence-corrected chi connectivity index (χ1v) is 6.77. The van der Waals surface area contributed by atoms with Crippen LogP contribution in [-0.2, 0) is 9.59 Å². The molecule has 1 aliphatic heterocycles. The Hall–Kier alpha value is -2.97. The first-order valence-electron chi connectivity index (χ1n) is 6.77. The minimum absolute atomic E-state index is 0.339. The average molecular weight is 322 g/mol. The van der Waals surface area contributed by atoms with Crippen molar-refractivity contribution in [3.05, 3.63) is 30.1 Å². The van der Waals surface area contributed by atoms with E-state index in [0.717, 1.165) is 9.80 Å². The van der Waals surface area contributed by atoms with Crippen LogP contribution in [0, 0.1) is 5.82 Å². The maximum Gasteiger partial charge on any atom is 0.332 e. The highest BCUT2D eigenvalue weighted by Gasteiger charge is 2.44. The third-order valence-corrected chi connectivity index (χ3v) is 3.33. The molecule has 1 aromatic carbocycles. The van der Waals surface area contributed by atoms with Gasteiger partial charge in [0, 0.05) is 12.7 Å². The van der Waals surface area contributed by atoms with Gasteiger partial charge in [-0.1, -0.05) is 0 Å². The molecule has 2 rings (SSSR count). The fraction of sp³-hybridized carbons (Fsp3) is 0.286. The maximum absolute atomic E-state index is 13.0. The van der Waals surface area contributed by atoms with E-state index in [4.69, 9.17) is 0 Å². The number of nitrogens with zero attached hydrogens (tertiary/aromatic N) is 2. The number of nitrogens with one attached hydrogen (secondary N) is 2. The molecule has 0 unspecified atom stereocenters. The summed E-state index contributed by atoms with van der Waals surface area (Å²) in [5.41, 5.74) is 0.339. The number of benzene rings is 1. The van der Waals surface area contributed by atoms with Gasteiger partial charge in [0.25, 0.3) is 5.91 Å². The lowest BCUT2D eigenvalue weighted by Crippen LogP contribution is -2.45. The molecule has 23 heavy (non-hydrogen) atoms. The number of amides is 6. The van der Waals surface area contributed by atoms with Crippen LogP contribution in [0.15, 0.2) is 24.3 Å². The molecule has 1 heterocycles. The lowest BCUT2D eigenvalue weighted by Gasteiger charge is -2.19. The van der Waals surface area contributed by atoms with Crippen molar-refractivity contribution in [2.45, 2.75) is 13.0 Å². The van der Waals surface area contributed by atoms with Crippen molar-refractivity contribution in [2.24, 2.45) is 0 Å². The van der Waals surface area contributed by atoms with Gasteiger partial charge < -0.3 is 5.32 Å². The molecule has 0 aliphatic carbocycles. The van der Waals surface area contributed by atoms with Crippen LogP contribution in [0.1, 0.15) is 6.92 Å². The van der Waals surface area contributed by atoms with Crippen LogP contribution >= 0.6 is 0 Å². The summed E-state index contributed by atoms with van der Waals surface area (Å²) in [6.07, 6.45) is 0. The normalized spacial score (nSPS) is 17.4. The van der Waals surface area contributed by atoms with Gasteiger partial charge in [0.1, 0.15) is 18.4 Å². The van der Waals surface area contributed by atoms with Gasteiger partial charge >= 0.3 is 12.1 Å². The van der Waals surface area contributed by atoms with Gasteiger partial charge in [-0.05, 0) is 31.2 Å². The highest BCUT2D eigenvalue weighted by Crippen LogP contribution is 2.25. The molecule has 1 aromatic rings. The predicted octanol–water partition coefficient (Wildman–Crippen LogP) is 0.438. The Morgan fingerprint density at radius 3 is 2.39 bits per heavy atom. The van der Waals surface area contributed by atoms with Crippen LogP contribution in [0.2, 0.25) is 0 Å². The van der Waals surface area contributed by atoms with Crippen LogP contribution in [0.5, 0.6) is 0 Å². The number of anilines is 1. The van der Waals surface area contributed by atoms with Crippen molar-refractivity contribution >= 4 is 29.6 Å². The number of carbonyl (C=O) groups excluding carboxylic acids is 4. The van der Waals surface area contributed by atoms with E-state index < -0.39 is 42.3 Å². The van der Waals surface area contributed by atoms with Gasteiger partial charge in [0.05, 0.1) is 0 Å². The van der Waals surface area contributed by atoms with Crippen molar-refractivity contribution in [2.75, 3.05) is 18.5 Å². The zero-order chi connectivity index (χ0) is 17.1. The van der Waals surface area contributed by atoms with E-state index in [1.165, 1.54) is 38.2 Å². The highest BCUT2D eigenvalue weighted by molar-refractivity contribution is 6.15. The van der Waals surface area contributed by atoms with E-state index in [-0.39, 0.29) is 0 Å². The number of halogens is 1. The molecule has 9 heteroatoms. The molecule has 0 bridgehead atoms. The zero-order valence-electron chi connectivity index (χ0n) is 12.5. The quantitative estimate of drug-likeness (QED) is 0.789. The second kappa shape index (κ2) is 6.42. The summed E-state index contributed by atoms with van der Waals surface area (Å²) < 4.78 is 13.0. The monoisotopic (exact) mass is 322 g/mol. The molecular weight excluding hydrogens is 307 g/mol. The summed E-state index contributed by atoms with van der Waals surface area (Å²) in [6.45, 7) is 0.924. The molecule has 1 fully saturated rings. The molecule has 0 aromatic heterocycles. The van der Waals surface area contributed by atoms with Crippen molar-refractivity contribution in [1.82, 2.24) is 15.5 Å². The topological polar surface area (TPSA) is 98.8 Å². The number of imide groups is 2. The Balaban J connectivity index is 2.16. The van der Waals surface area contributed by atoms with Crippen LogP contribution < -0.4 is 15.5 Å². The zero-order valence-corrected chi connectivity index (χ0v) is 12.5. The van der Waals surface area contributed by atoms with E-state index in [0.29, 0.717) is 5.69 Å².